The van der Waals surface area contributed by atoms with Gasteiger partial charge in [0, 0.05) is 6.42 Å². The van der Waals surface area contributed by atoms with Gasteiger partial charge in [-0.05, 0) is 44.9 Å². The molecule has 0 rings (SSSR count). The summed E-state index contributed by atoms with van der Waals surface area (Å²) in [5.41, 5.74) is 0. The molecule has 2 atom stereocenters. The zero-order valence-electron chi connectivity index (χ0n) is 22.6. The first-order valence-corrected chi connectivity index (χ1v) is 14.1. The third-order valence-electron chi connectivity index (χ3n) is 5.77. The van der Waals surface area contributed by atoms with E-state index in [0.29, 0.717) is 19.3 Å². The molecule has 0 amide bonds. The predicted molar refractivity (Wildman–Crippen MR) is 154 cm³/mol. The minimum Gasteiger partial charge on any atom is -0.481 e. The zero-order valence-corrected chi connectivity index (χ0v) is 22.6. The first kappa shape index (κ1) is 33.8. The van der Waals surface area contributed by atoms with Crippen LogP contribution in [0.25, 0.3) is 0 Å². The number of rotatable bonds is 24. The molecule has 0 aliphatic carbocycles. The fourth-order valence-electron chi connectivity index (χ4n) is 3.65. The van der Waals surface area contributed by atoms with Crippen LogP contribution in [0.15, 0.2) is 72.9 Å². The summed E-state index contributed by atoms with van der Waals surface area (Å²) in [7, 11) is 0. The van der Waals surface area contributed by atoms with Crippen molar-refractivity contribution in [1.29, 1.82) is 0 Å². The number of carbonyl (C=O) groups is 1. The van der Waals surface area contributed by atoms with Crippen molar-refractivity contribution in [2.45, 2.75) is 122 Å². The van der Waals surface area contributed by atoms with Crippen LogP contribution in [-0.4, -0.2) is 33.5 Å². The third-order valence-corrected chi connectivity index (χ3v) is 5.77. The number of unbranched alkanes of at least 4 members (excludes halogenated alkanes) is 10. The molecule has 0 saturated heterocycles. The number of hydrogen-bond acceptors (Lipinski definition) is 3. The molecule has 0 aliphatic rings. The van der Waals surface area contributed by atoms with Gasteiger partial charge in [-0.2, -0.15) is 0 Å². The summed E-state index contributed by atoms with van der Waals surface area (Å²) in [5, 5.41) is 28.3. The standard InChI is InChI=1S/C32H52O4/c1-2-3-20-25-30(33)27-22-18-19-23-28-31(34)26-21-16-14-12-10-8-6-4-5-7-9-11-13-15-17-24-29-32(35)36/h3,10,12,16,18-23,27-28,30-31,33-34H,2,4-9,11,13-15,17,24-26,29H2,1H3,(H,35,36)/b12-10-,19-18+,20-3-,21-16-,27-22-,28-23+/t30-,31?/m0/s1. The first-order valence-electron chi connectivity index (χ1n) is 14.1. The van der Waals surface area contributed by atoms with Crippen molar-refractivity contribution in [3.63, 3.8) is 0 Å². The summed E-state index contributed by atoms with van der Waals surface area (Å²) < 4.78 is 0. The maximum absolute atomic E-state index is 10.4. The van der Waals surface area contributed by atoms with Crippen LogP contribution in [0.5, 0.6) is 0 Å². The first-order chi connectivity index (χ1) is 17.6. The smallest absolute Gasteiger partial charge is 0.303 e. The summed E-state index contributed by atoms with van der Waals surface area (Å²) in [4.78, 5) is 10.4. The molecule has 3 N–H and O–H groups in total. The monoisotopic (exact) mass is 500 g/mol. The van der Waals surface area contributed by atoms with E-state index in [1.54, 1.807) is 12.2 Å². The Balaban J connectivity index is 3.58. The highest BCUT2D eigenvalue weighted by molar-refractivity contribution is 5.66. The lowest BCUT2D eigenvalue weighted by molar-refractivity contribution is -0.137. The molecule has 0 aromatic rings. The molecule has 0 aromatic heterocycles. The van der Waals surface area contributed by atoms with Crippen molar-refractivity contribution in [2.75, 3.05) is 0 Å². The SMILES string of the molecule is CC/C=C\C[C@H](O)\C=C/C=C/C=C/C(O)C/C=C\C/C=C\CCCCCCCCCCCCC(=O)O. The number of allylic oxidation sites excluding steroid dienone is 8. The van der Waals surface area contributed by atoms with Crippen molar-refractivity contribution >= 4 is 5.97 Å². The molecule has 0 aromatic carbocycles. The minimum atomic E-state index is -0.678. The Morgan fingerprint density at radius 2 is 1.08 bits per heavy atom. The van der Waals surface area contributed by atoms with Crippen LogP contribution in [0.4, 0.5) is 0 Å². The van der Waals surface area contributed by atoms with Gasteiger partial charge in [0.05, 0.1) is 12.2 Å². The quantitative estimate of drug-likeness (QED) is 0.0706. The second-order valence-corrected chi connectivity index (χ2v) is 9.29. The highest BCUT2D eigenvalue weighted by atomic mass is 16.4. The van der Waals surface area contributed by atoms with Crippen LogP contribution in [0.3, 0.4) is 0 Å². The average Bonchev–Trinajstić information content (AvgIpc) is 2.85. The minimum absolute atomic E-state index is 0.314. The molecule has 0 saturated carbocycles. The van der Waals surface area contributed by atoms with Gasteiger partial charge < -0.3 is 15.3 Å². The van der Waals surface area contributed by atoms with Crippen molar-refractivity contribution in [1.82, 2.24) is 0 Å². The maximum Gasteiger partial charge on any atom is 0.303 e. The molecule has 204 valence electrons. The largest absolute Gasteiger partial charge is 0.481 e. The molecule has 0 spiro atoms. The van der Waals surface area contributed by atoms with Crippen molar-refractivity contribution in [2.24, 2.45) is 0 Å². The Labute approximate surface area is 220 Å². The molecular weight excluding hydrogens is 448 g/mol. The van der Waals surface area contributed by atoms with E-state index in [1.807, 2.05) is 42.5 Å². The molecule has 4 heteroatoms. The summed E-state index contributed by atoms with van der Waals surface area (Å²) in [6.45, 7) is 2.07. The van der Waals surface area contributed by atoms with Crippen molar-refractivity contribution < 1.29 is 20.1 Å². The highest BCUT2D eigenvalue weighted by Crippen LogP contribution is 2.12. The van der Waals surface area contributed by atoms with Crippen LogP contribution in [0, 0.1) is 0 Å². The van der Waals surface area contributed by atoms with Crippen molar-refractivity contribution in [3.8, 4) is 0 Å². The summed E-state index contributed by atoms with van der Waals surface area (Å²) in [6.07, 6.45) is 39.2. The maximum atomic E-state index is 10.4. The molecule has 0 fully saturated rings. The average molecular weight is 501 g/mol. The van der Waals surface area contributed by atoms with Gasteiger partial charge in [-0.15, -0.1) is 0 Å². The van der Waals surface area contributed by atoms with E-state index >= 15 is 0 Å². The molecule has 4 nitrogen and oxygen atoms in total. The molecule has 0 radical (unpaired) electrons. The van der Waals surface area contributed by atoms with Crippen molar-refractivity contribution in [3.05, 3.63) is 72.9 Å². The fraction of sp³-hybridized carbons (Fsp3) is 0.594. The van der Waals surface area contributed by atoms with Gasteiger partial charge >= 0.3 is 5.97 Å². The number of aliphatic hydroxyl groups is 2. The van der Waals surface area contributed by atoms with Crippen LogP contribution >= 0.6 is 0 Å². The lowest BCUT2D eigenvalue weighted by Crippen LogP contribution is -1.98. The molecule has 0 aliphatic heterocycles. The lowest BCUT2D eigenvalue weighted by atomic mass is 10.1. The predicted octanol–water partition coefficient (Wildman–Crippen LogP) is 8.39. The summed E-state index contributed by atoms with van der Waals surface area (Å²) >= 11 is 0. The van der Waals surface area contributed by atoms with E-state index in [4.69, 9.17) is 5.11 Å². The van der Waals surface area contributed by atoms with E-state index in [1.165, 1.54) is 51.4 Å². The van der Waals surface area contributed by atoms with Gasteiger partial charge in [-0.3, -0.25) is 4.79 Å². The highest BCUT2D eigenvalue weighted by Gasteiger charge is 1.97. The van der Waals surface area contributed by atoms with Gasteiger partial charge in [-0.1, -0.05) is 131 Å². The van der Waals surface area contributed by atoms with Crippen LogP contribution < -0.4 is 0 Å². The number of carboxylic acid groups (broad SMARTS) is 1. The third kappa shape index (κ3) is 28.1. The molecule has 36 heavy (non-hydrogen) atoms. The second kappa shape index (κ2) is 27.4. The summed E-state index contributed by atoms with van der Waals surface area (Å²) in [6, 6.07) is 0. The zero-order chi connectivity index (χ0) is 26.5. The van der Waals surface area contributed by atoms with Crippen LogP contribution in [-0.2, 0) is 4.79 Å². The van der Waals surface area contributed by atoms with E-state index in [2.05, 4.69) is 25.2 Å². The number of hydrogen-bond donors (Lipinski definition) is 3. The molecule has 0 bridgehead atoms. The van der Waals surface area contributed by atoms with Gasteiger partial charge in [0.15, 0.2) is 0 Å². The van der Waals surface area contributed by atoms with E-state index in [9.17, 15) is 15.0 Å². The molecule has 0 heterocycles. The van der Waals surface area contributed by atoms with Gasteiger partial charge in [-0.25, -0.2) is 0 Å². The van der Waals surface area contributed by atoms with Gasteiger partial charge in [0.1, 0.15) is 0 Å². The van der Waals surface area contributed by atoms with E-state index in [-0.39, 0.29) is 0 Å². The van der Waals surface area contributed by atoms with E-state index < -0.39 is 18.2 Å². The topological polar surface area (TPSA) is 77.8 Å². The van der Waals surface area contributed by atoms with Gasteiger partial charge in [0.25, 0.3) is 0 Å². The molecular formula is C32H52O4. The van der Waals surface area contributed by atoms with E-state index in [0.717, 1.165) is 32.1 Å². The van der Waals surface area contributed by atoms with Gasteiger partial charge in [0.2, 0.25) is 0 Å². The number of carboxylic acids is 1. The van der Waals surface area contributed by atoms with Crippen LogP contribution in [0.1, 0.15) is 110 Å². The molecule has 1 unspecified atom stereocenters. The second-order valence-electron chi connectivity index (χ2n) is 9.29. The Bertz CT molecular complexity index is 670. The Hall–Kier alpha value is -2.17. The lowest BCUT2D eigenvalue weighted by Gasteiger charge is -2.01. The Morgan fingerprint density at radius 3 is 1.61 bits per heavy atom. The number of aliphatic carboxylic acids is 1. The fourth-order valence-corrected chi connectivity index (χ4v) is 3.65. The Kier molecular flexibility index (Phi) is 25.8. The normalized spacial score (nSPS) is 14.5. The number of aliphatic hydroxyl groups excluding tert-OH is 2. The summed E-state index contributed by atoms with van der Waals surface area (Å²) in [5.74, 6) is -0.678. The van der Waals surface area contributed by atoms with Crippen LogP contribution in [0.2, 0.25) is 0 Å². The Morgan fingerprint density at radius 1 is 0.611 bits per heavy atom.